The Hall–Kier alpha value is -2.35. The molecule has 7 nitrogen and oxygen atoms in total. The van der Waals surface area contributed by atoms with E-state index in [-0.39, 0.29) is 17.5 Å². The Morgan fingerprint density at radius 2 is 2.08 bits per heavy atom. The summed E-state index contributed by atoms with van der Waals surface area (Å²) in [7, 11) is 0.560. The Labute approximate surface area is 148 Å². The summed E-state index contributed by atoms with van der Waals surface area (Å²) < 4.78 is 28.7. The molecule has 1 fully saturated rings. The first-order valence-electron chi connectivity index (χ1n) is 8.06. The van der Waals surface area contributed by atoms with Gasteiger partial charge in [-0.1, -0.05) is 6.07 Å². The summed E-state index contributed by atoms with van der Waals surface area (Å²) in [6, 6.07) is 9.35. The summed E-state index contributed by atoms with van der Waals surface area (Å²) in [5, 5.41) is 3.25. The monoisotopic (exact) mass is 362 g/mol. The molecule has 0 spiro atoms. The Balaban J connectivity index is 1.82. The molecule has 0 radical (unpaired) electrons. The van der Waals surface area contributed by atoms with E-state index in [1.165, 1.54) is 0 Å². The van der Waals surface area contributed by atoms with E-state index in [1.807, 2.05) is 49.2 Å². The normalized spacial score (nSPS) is 18.8. The Morgan fingerprint density at radius 1 is 1.28 bits per heavy atom. The van der Waals surface area contributed by atoms with Crippen molar-refractivity contribution in [2.75, 3.05) is 35.9 Å². The molecular weight excluding hydrogens is 340 g/mol. The predicted octanol–water partition coefficient (Wildman–Crippen LogP) is 2.16. The Bertz CT molecular complexity index is 870. The summed E-state index contributed by atoms with van der Waals surface area (Å²) in [5.74, 6) is 3.15. The molecule has 0 amide bonds. The molecule has 0 bridgehead atoms. The first-order valence-corrected chi connectivity index (χ1v) is 9.88. The molecule has 1 N–H and O–H groups in total. The summed E-state index contributed by atoms with van der Waals surface area (Å²) in [5.41, 5.74) is 0.856. The summed E-state index contributed by atoms with van der Waals surface area (Å²) in [4.78, 5) is 10.8. The molecule has 3 rings (SSSR count). The molecule has 25 heavy (non-hydrogen) atoms. The number of sulfone groups is 1. The number of hydrogen-bond donors (Lipinski definition) is 1. The van der Waals surface area contributed by atoms with Crippen LogP contribution in [0.1, 0.15) is 12.2 Å². The van der Waals surface area contributed by atoms with Crippen molar-refractivity contribution in [1.82, 2.24) is 9.97 Å². The van der Waals surface area contributed by atoms with Crippen LogP contribution in [0, 0.1) is 6.92 Å². The quantitative estimate of drug-likeness (QED) is 0.872. The number of hydrogen-bond acceptors (Lipinski definition) is 7. The van der Waals surface area contributed by atoms with Gasteiger partial charge in [0.05, 0.1) is 18.6 Å². The van der Waals surface area contributed by atoms with Gasteiger partial charge in [0, 0.05) is 30.9 Å². The molecule has 1 atom stereocenters. The number of methoxy groups -OCH3 is 1. The van der Waals surface area contributed by atoms with E-state index in [9.17, 15) is 8.42 Å². The summed E-state index contributed by atoms with van der Waals surface area (Å²) in [6.45, 7) is 1.82. The van der Waals surface area contributed by atoms with Gasteiger partial charge in [-0.2, -0.15) is 0 Å². The lowest BCUT2D eigenvalue weighted by Gasteiger charge is -2.25. The number of aryl methyl sites for hydroxylation is 1. The lowest BCUT2D eigenvalue weighted by atomic mass is 10.2. The van der Waals surface area contributed by atoms with Crippen molar-refractivity contribution in [3.05, 3.63) is 36.2 Å². The number of nitrogens with one attached hydrogen (secondary N) is 1. The van der Waals surface area contributed by atoms with Crippen LogP contribution in [0.25, 0.3) is 0 Å². The zero-order valence-electron chi connectivity index (χ0n) is 14.6. The number of anilines is 3. The van der Waals surface area contributed by atoms with Gasteiger partial charge in [0.2, 0.25) is 0 Å². The van der Waals surface area contributed by atoms with Crippen LogP contribution in [0.3, 0.4) is 0 Å². The van der Waals surface area contributed by atoms with Gasteiger partial charge < -0.3 is 15.0 Å². The van der Waals surface area contributed by atoms with E-state index >= 15 is 0 Å². The fourth-order valence-electron chi connectivity index (χ4n) is 2.91. The lowest BCUT2D eigenvalue weighted by molar-refractivity contribution is 0.415. The summed E-state index contributed by atoms with van der Waals surface area (Å²) >= 11 is 0. The largest absolute Gasteiger partial charge is 0.497 e. The molecule has 1 unspecified atom stereocenters. The third-order valence-corrected chi connectivity index (χ3v) is 6.03. The third-order valence-electron chi connectivity index (χ3n) is 4.28. The van der Waals surface area contributed by atoms with Gasteiger partial charge in [0.1, 0.15) is 23.2 Å². The summed E-state index contributed by atoms with van der Waals surface area (Å²) in [6.07, 6.45) is 0.626. The maximum atomic E-state index is 11.7. The van der Waals surface area contributed by atoms with Crippen LogP contribution >= 0.6 is 0 Å². The Kier molecular flexibility index (Phi) is 4.80. The number of rotatable bonds is 5. The molecule has 1 aliphatic heterocycles. The molecular formula is C17H22N4O3S. The minimum atomic E-state index is -2.94. The average molecular weight is 362 g/mol. The van der Waals surface area contributed by atoms with E-state index in [0.29, 0.717) is 23.9 Å². The number of ether oxygens (including phenoxy) is 1. The highest BCUT2D eigenvalue weighted by atomic mass is 32.2. The number of nitrogens with zero attached hydrogens (tertiary/aromatic N) is 3. The van der Waals surface area contributed by atoms with Gasteiger partial charge in [-0.25, -0.2) is 18.4 Å². The van der Waals surface area contributed by atoms with Gasteiger partial charge >= 0.3 is 0 Å². The molecule has 1 aromatic heterocycles. The second-order valence-electron chi connectivity index (χ2n) is 6.18. The topological polar surface area (TPSA) is 84.4 Å². The van der Waals surface area contributed by atoms with Gasteiger partial charge in [0.15, 0.2) is 9.84 Å². The molecule has 8 heteroatoms. The van der Waals surface area contributed by atoms with E-state index < -0.39 is 9.84 Å². The molecule has 1 aromatic carbocycles. The first-order chi connectivity index (χ1) is 11.9. The zero-order valence-corrected chi connectivity index (χ0v) is 15.4. The molecule has 1 aliphatic rings. The van der Waals surface area contributed by atoms with Crippen LogP contribution in [-0.4, -0.2) is 50.1 Å². The lowest BCUT2D eigenvalue weighted by Crippen LogP contribution is -2.33. The van der Waals surface area contributed by atoms with Crippen molar-refractivity contribution in [3.8, 4) is 5.75 Å². The third kappa shape index (κ3) is 4.19. The van der Waals surface area contributed by atoms with E-state index in [2.05, 4.69) is 15.3 Å². The van der Waals surface area contributed by atoms with E-state index in [0.717, 1.165) is 11.4 Å². The van der Waals surface area contributed by atoms with Gasteiger partial charge in [0.25, 0.3) is 0 Å². The van der Waals surface area contributed by atoms with Gasteiger partial charge in [-0.15, -0.1) is 0 Å². The van der Waals surface area contributed by atoms with Crippen LogP contribution in [0.5, 0.6) is 5.75 Å². The van der Waals surface area contributed by atoms with Crippen molar-refractivity contribution in [2.24, 2.45) is 0 Å². The van der Waals surface area contributed by atoms with Crippen molar-refractivity contribution in [1.29, 1.82) is 0 Å². The first kappa shape index (κ1) is 17.5. The fourth-order valence-corrected chi connectivity index (χ4v) is 4.69. The van der Waals surface area contributed by atoms with Crippen LogP contribution < -0.4 is 15.0 Å². The number of benzene rings is 1. The Morgan fingerprint density at radius 3 is 2.76 bits per heavy atom. The van der Waals surface area contributed by atoms with Crippen molar-refractivity contribution < 1.29 is 13.2 Å². The maximum Gasteiger partial charge on any atom is 0.152 e. The average Bonchev–Trinajstić information content (AvgIpc) is 2.93. The minimum absolute atomic E-state index is 0.0519. The number of aromatic nitrogens is 2. The predicted molar refractivity (Wildman–Crippen MR) is 98.5 cm³/mol. The highest BCUT2D eigenvalue weighted by Crippen LogP contribution is 2.25. The molecule has 1 saturated heterocycles. The van der Waals surface area contributed by atoms with Crippen LogP contribution in [0.2, 0.25) is 0 Å². The van der Waals surface area contributed by atoms with Crippen LogP contribution in [0.4, 0.5) is 17.3 Å². The van der Waals surface area contributed by atoms with Crippen molar-refractivity contribution in [2.45, 2.75) is 19.4 Å². The van der Waals surface area contributed by atoms with Crippen molar-refractivity contribution in [3.63, 3.8) is 0 Å². The van der Waals surface area contributed by atoms with E-state index in [4.69, 9.17) is 4.74 Å². The second-order valence-corrected chi connectivity index (χ2v) is 8.41. The molecule has 2 aromatic rings. The van der Waals surface area contributed by atoms with Crippen LogP contribution in [-0.2, 0) is 9.84 Å². The smallest absolute Gasteiger partial charge is 0.152 e. The van der Waals surface area contributed by atoms with Crippen LogP contribution in [0.15, 0.2) is 30.3 Å². The molecule has 2 heterocycles. The second kappa shape index (κ2) is 6.87. The highest BCUT2D eigenvalue weighted by molar-refractivity contribution is 7.91. The SMILES string of the molecule is COc1cccc(Nc2cc(N(C)C3CCS(=O)(=O)C3)nc(C)n2)c1. The minimum Gasteiger partial charge on any atom is -0.497 e. The molecule has 134 valence electrons. The van der Waals surface area contributed by atoms with Crippen molar-refractivity contribution >= 4 is 27.2 Å². The maximum absolute atomic E-state index is 11.7. The molecule has 0 aliphatic carbocycles. The zero-order chi connectivity index (χ0) is 18.0. The highest BCUT2D eigenvalue weighted by Gasteiger charge is 2.31. The van der Waals surface area contributed by atoms with Gasteiger partial charge in [-0.05, 0) is 25.5 Å². The van der Waals surface area contributed by atoms with E-state index in [1.54, 1.807) is 7.11 Å². The standard InChI is InChI=1S/C17H22N4O3S/c1-12-18-16(20-13-5-4-6-15(9-13)24-3)10-17(19-12)21(2)14-7-8-25(22,23)11-14/h4-6,9-10,14H,7-8,11H2,1-3H3,(H,18,19,20). The fraction of sp³-hybridized carbons (Fsp3) is 0.412. The molecule has 0 saturated carbocycles. The van der Waals surface area contributed by atoms with Gasteiger partial charge in [-0.3, -0.25) is 0 Å².